The fourth-order valence-corrected chi connectivity index (χ4v) is 2.03. The average molecular weight is 292 g/mol. The number of hydrogen-bond donors (Lipinski definition) is 0. The van der Waals surface area contributed by atoms with E-state index in [9.17, 15) is 17.4 Å². The Balaban J connectivity index is 0. The Kier molecular flexibility index (Phi) is 15.0. The third kappa shape index (κ3) is 16.8. The predicted molar refractivity (Wildman–Crippen MR) is 63.7 cm³/mol. The summed E-state index contributed by atoms with van der Waals surface area (Å²) in [6.45, 7) is 2.07. The number of ether oxygens (including phenoxy) is 1. The van der Waals surface area contributed by atoms with Crippen molar-refractivity contribution in [1.29, 1.82) is 0 Å². The molecule has 4 nitrogen and oxygen atoms in total. The average Bonchev–Trinajstić information content (AvgIpc) is 2.24. The summed E-state index contributed by atoms with van der Waals surface area (Å²) in [5, 5.41) is 0. The summed E-state index contributed by atoms with van der Waals surface area (Å²) < 4.78 is 48.2. The van der Waals surface area contributed by atoms with E-state index in [2.05, 4.69) is 0 Å². The number of halogens is 1. The fraction of sp³-hybridized carbons (Fsp3) is 1.00. The van der Waals surface area contributed by atoms with E-state index in [-0.39, 0.29) is 54.5 Å². The Morgan fingerprint density at radius 3 is 2.28 bits per heavy atom. The first kappa shape index (κ1) is 21.1. The van der Waals surface area contributed by atoms with Crippen molar-refractivity contribution in [2.45, 2.75) is 51.6 Å². The summed E-state index contributed by atoms with van der Waals surface area (Å²) >= 11 is 0. The standard InChI is InChI=1S/C11H23FO4S.Na/c1-11(7-10-17(13,14)15)16-9-6-4-2-3-5-8-12;/h11H,2-10H2,1H3,(H,13,14,15);/q;+1/p-1. The molecule has 1 unspecified atom stereocenters. The van der Waals surface area contributed by atoms with Crippen LogP contribution < -0.4 is 29.6 Å². The largest absolute Gasteiger partial charge is 1.00 e. The van der Waals surface area contributed by atoms with E-state index in [0.29, 0.717) is 13.0 Å². The van der Waals surface area contributed by atoms with Gasteiger partial charge in [-0.1, -0.05) is 19.3 Å². The SMILES string of the molecule is CC(CCS(=O)(=O)[O-])OCCCCCCCF.[Na+]. The van der Waals surface area contributed by atoms with Gasteiger partial charge in [-0.25, -0.2) is 8.42 Å². The van der Waals surface area contributed by atoms with Crippen molar-refractivity contribution in [2.75, 3.05) is 19.0 Å². The number of alkyl halides is 1. The van der Waals surface area contributed by atoms with Crippen molar-refractivity contribution in [3.05, 3.63) is 0 Å². The van der Waals surface area contributed by atoms with Crippen molar-refractivity contribution in [1.82, 2.24) is 0 Å². The van der Waals surface area contributed by atoms with E-state index in [0.717, 1.165) is 25.7 Å². The summed E-state index contributed by atoms with van der Waals surface area (Å²) in [5.74, 6) is -0.370. The quantitative estimate of drug-likeness (QED) is 0.285. The molecule has 0 N–H and O–H groups in total. The third-order valence-corrected chi connectivity index (χ3v) is 3.19. The number of unbranched alkanes of at least 4 members (excludes halogenated alkanes) is 4. The molecular formula is C11H22FNaO4S. The first-order valence-electron chi connectivity index (χ1n) is 6.07. The van der Waals surface area contributed by atoms with Gasteiger partial charge in [-0.2, -0.15) is 0 Å². The van der Waals surface area contributed by atoms with Crippen molar-refractivity contribution >= 4 is 10.1 Å². The van der Waals surface area contributed by atoms with Gasteiger partial charge in [-0.15, -0.1) is 0 Å². The second-order valence-electron chi connectivity index (χ2n) is 4.19. The molecule has 0 rings (SSSR count). The molecule has 0 saturated heterocycles. The Hall–Kier alpha value is 0.800. The number of hydrogen-bond acceptors (Lipinski definition) is 4. The van der Waals surface area contributed by atoms with Crippen LogP contribution in [-0.2, 0) is 14.9 Å². The van der Waals surface area contributed by atoms with E-state index in [1.54, 1.807) is 6.92 Å². The van der Waals surface area contributed by atoms with Crippen LogP contribution in [0.15, 0.2) is 0 Å². The zero-order valence-corrected chi connectivity index (χ0v) is 14.2. The van der Waals surface area contributed by atoms with Crippen molar-refractivity contribution in [3.63, 3.8) is 0 Å². The van der Waals surface area contributed by atoms with Gasteiger partial charge in [-0.3, -0.25) is 4.39 Å². The molecule has 0 fully saturated rings. The van der Waals surface area contributed by atoms with E-state index < -0.39 is 10.1 Å². The molecule has 0 amide bonds. The van der Waals surface area contributed by atoms with E-state index in [1.807, 2.05) is 0 Å². The molecule has 0 radical (unpaired) electrons. The normalized spacial score (nSPS) is 13.1. The van der Waals surface area contributed by atoms with Crippen LogP contribution in [0, 0.1) is 0 Å². The minimum Gasteiger partial charge on any atom is -0.748 e. The van der Waals surface area contributed by atoms with Gasteiger partial charge in [0.25, 0.3) is 0 Å². The fourth-order valence-electron chi connectivity index (χ4n) is 1.41. The van der Waals surface area contributed by atoms with Gasteiger partial charge in [-0.05, 0) is 26.2 Å². The zero-order chi connectivity index (χ0) is 13.1. The smallest absolute Gasteiger partial charge is 0.748 e. The summed E-state index contributed by atoms with van der Waals surface area (Å²) in [7, 11) is -4.13. The molecule has 0 heterocycles. The second-order valence-corrected chi connectivity index (χ2v) is 5.71. The van der Waals surface area contributed by atoms with Crippen LogP contribution in [0.1, 0.15) is 45.4 Å². The third-order valence-electron chi connectivity index (χ3n) is 2.45. The van der Waals surface area contributed by atoms with Gasteiger partial charge < -0.3 is 9.29 Å². The monoisotopic (exact) mass is 292 g/mol. The minimum atomic E-state index is -4.13. The van der Waals surface area contributed by atoms with Crippen LogP contribution in [0.25, 0.3) is 0 Å². The van der Waals surface area contributed by atoms with Crippen LogP contribution in [0.3, 0.4) is 0 Å². The van der Waals surface area contributed by atoms with E-state index in [4.69, 9.17) is 4.74 Å². The molecule has 0 aliphatic carbocycles. The van der Waals surface area contributed by atoms with Gasteiger partial charge >= 0.3 is 29.6 Å². The molecule has 0 aromatic carbocycles. The van der Waals surface area contributed by atoms with Gasteiger partial charge in [0.1, 0.15) is 0 Å². The topological polar surface area (TPSA) is 66.4 Å². The van der Waals surface area contributed by atoms with Crippen LogP contribution in [-0.4, -0.2) is 38.1 Å². The van der Waals surface area contributed by atoms with Crippen molar-refractivity contribution in [3.8, 4) is 0 Å². The summed E-state index contributed by atoms with van der Waals surface area (Å²) in [5.41, 5.74) is 0. The first-order chi connectivity index (χ1) is 7.95. The molecule has 1 atom stereocenters. The van der Waals surface area contributed by atoms with Gasteiger partial charge in [0.2, 0.25) is 0 Å². The molecule has 0 aromatic heterocycles. The minimum absolute atomic E-state index is 0. The molecule has 18 heavy (non-hydrogen) atoms. The van der Waals surface area contributed by atoms with Crippen molar-refractivity contribution in [2.24, 2.45) is 0 Å². The van der Waals surface area contributed by atoms with Crippen molar-refractivity contribution < 1.29 is 51.7 Å². The maximum absolute atomic E-state index is 11.8. The summed E-state index contributed by atoms with van der Waals surface area (Å²) in [4.78, 5) is 0. The first-order valence-corrected chi connectivity index (χ1v) is 7.64. The predicted octanol–water partition coefficient (Wildman–Crippen LogP) is -0.749. The molecule has 0 bridgehead atoms. The Morgan fingerprint density at radius 1 is 1.17 bits per heavy atom. The van der Waals surface area contributed by atoms with Crippen LogP contribution in [0.5, 0.6) is 0 Å². The maximum Gasteiger partial charge on any atom is 1.00 e. The summed E-state index contributed by atoms with van der Waals surface area (Å²) in [6, 6.07) is 0. The van der Waals surface area contributed by atoms with Gasteiger partial charge in [0.05, 0.1) is 22.9 Å². The van der Waals surface area contributed by atoms with Gasteiger partial charge in [0.15, 0.2) is 0 Å². The van der Waals surface area contributed by atoms with E-state index >= 15 is 0 Å². The summed E-state index contributed by atoms with van der Waals surface area (Å²) in [6.07, 6.45) is 4.45. The van der Waals surface area contributed by atoms with Crippen LogP contribution in [0.4, 0.5) is 4.39 Å². The Bertz CT molecular complexity index is 272. The zero-order valence-electron chi connectivity index (χ0n) is 11.4. The van der Waals surface area contributed by atoms with Crippen LogP contribution >= 0.6 is 0 Å². The molecular weight excluding hydrogens is 270 g/mol. The van der Waals surface area contributed by atoms with Crippen LogP contribution in [0.2, 0.25) is 0 Å². The molecule has 0 aliphatic rings. The Morgan fingerprint density at radius 2 is 1.72 bits per heavy atom. The number of rotatable bonds is 11. The molecule has 0 spiro atoms. The molecule has 104 valence electrons. The Labute approximate surface area is 132 Å². The molecule has 0 aromatic rings. The van der Waals surface area contributed by atoms with E-state index in [1.165, 1.54) is 0 Å². The second kappa shape index (κ2) is 12.8. The van der Waals surface area contributed by atoms with Gasteiger partial charge in [0, 0.05) is 12.4 Å². The molecule has 0 saturated carbocycles. The molecule has 0 aliphatic heterocycles. The molecule has 7 heteroatoms. The maximum atomic E-state index is 11.8.